The molecule has 0 saturated heterocycles. The highest BCUT2D eigenvalue weighted by Crippen LogP contribution is 2.30. The van der Waals surface area contributed by atoms with Crippen molar-refractivity contribution in [3.8, 4) is 0 Å². The van der Waals surface area contributed by atoms with Gasteiger partial charge in [0.05, 0.1) is 5.56 Å². The lowest BCUT2D eigenvalue weighted by Crippen LogP contribution is -2.16. The maximum Gasteiger partial charge on any atom is 0.416 e. The van der Waals surface area contributed by atoms with Crippen LogP contribution >= 0.6 is 0 Å². The van der Waals surface area contributed by atoms with Gasteiger partial charge < -0.3 is 10.4 Å². The van der Waals surface area contributed by atoms with Crippen LogP contribution in [0.5, 0.6) is 0 Å². The fourth-order valence-electron chi connectivity index (χ4n) is 1.33. The summed E-state index contributed by atoms with van der Waals surface area (Å²) >= 11 is 0. The van der Waals surface area contributed by atoms with Crippen molar-refractivity contribution in [2.24, 2.45) is 0 Å². The van der Waals surface area contributed by atoms with Crippen LogP contribution in [0, 0.1) is 0 Å². The van der Waals surface area contributed by atoms with E-state index in [0.29, 0.717) is 0 Å². The van der Waals surface area contributed by atoms with Gasteiger partial charge in [-0.25, -0.2) is 4.79 Å². The summed E-state index contributed by atoms with van der Waals surface area (Å²) < 4.78 is 37.5. The van der Waals surface area contributed by atoms with E-state index in [1.54, 1.807) is 0 Å². The molecule has 0 aliphatic heterocycles. The van der Waals surface area contributed by atoms with Gasteiger partial charge in [-0.15, -0.1) is 0 Å². The fraction of sp³-hybridized carbons (Fsp3) is 0.231. The maximum atomic E-state index is 12.5. The van der Waals surface area contributed by atoms with Crippen molar-refractivity contribution < 1.29 is 27.9 Å². The third-order valence-electron chi connectivity index (χ3n) is 2.67. The smallest absolute Gasteiger partial charge is 0.416 e. The first kappa shape index (κ1) is 15.7. The number of carbonyl (C=O) groups is 2. The summed E-state index contributed by atoms with van der Waals surface area (Å²) in [5.41, 5.74) is -1.20. The SMILES string of the molecule is C/C(C(=O)O)=C(\C)C(=O)Nc1cccc(C(F)(F)F)c1. The van der Waals surface area contributed by atoms with Crippen LogP contribution in [0.2, 0.25) is 0 Å². The van der Waals surface area contributed by atoms with Crippen LogP contribution < -0.4 is 5.32 Å². The van der Waals surface area contributed by atoms with Gasteiger partial charge in [0, 0.05) is 16.8 Å². The molecular formula is C13H12F3NO3. The Morgan fingerprint density at radius 1 is 1.15 bits per heavy atom. The summed E-state index contributed by atoms with van der Waals surface area (Å²) in [5.74, 6) is -2.02. The molecule has 1 aromatic carbocycles. The Balaban J connectivity index is 2.98. The van der Waals surface area contributed by atoms with E-state index in [4.69, 9.17) is 5.11 Å². The Morgan fingerprint density at radius 3 is 2.25 bits per heavy atom. The Labute approximate surface area is 112 Å². The van der Waals surface area contributed by atoms with Gasteiger partial charge in [0.25, 0.3) is 5.91 Å². The van der Waals surface area contributed by atoms with Gasteiger partial charge in [0.2, 0.25) is 0 Å². The Morgan fingerprint density at radius 2 is 1.75 bits per heavy atom. The molecule has 0 aliphatic rings. The van der Waals surface area contributed by atoms with Crippen LogP contribution in [0.1, 0.15) is 19.4 Å². The highest BCUT2D eigenvalue weighted by atomic mass is 19.4. The standard InChI is InChI=1S/C13H12F3NO3/c1-7(8(2)12(19)20)11(18)17-10-5-3-4-9(6-10)13(14,15)16/h3-6H,1-2H3,(H,17,18)(H,19,20)/b8-7-. The molecule has 0 saturated carbocycles. The van der Waals surface area contributed by atoms with E-state index in [9.17, 15) is 22.8 Å². The zero-order chi connectivity index (χ0) is 15.5. The number of hydrogen-bond donors (Lipinski definition) is 2. The molecule has 108 valence electrons. The molecular weight excluding hydrogens is 275 g/mol. The zero-order valence-corrected chi connectivity index (χ0v) is 10.7. The highest BCUT2D eigenvalue weighted by Gasteiger charge is 2.30. The molecule has 0 aromatic heterocycles. The molecule has 2 N–H and O–H groups in total. The third-order valence-corrected chi connectivity index (χ3v) is 2.67. The van der Waals surface area contributed by atoms with Gasteiger partial charge >= 0.3 is 12.1 Å². The molecule has 20 heavy (non-hydrogen) atoms. The normalized spacial score (nSPS) is 12.7. The lowest BCUT2D eigenvalue weighted by molar-refractivity contribution is -0.137. The number of halogens is 3. The quantitative estimate of drug-likeness (QED) is 0.840. The highest BCUT2D eigenvalue weighted by molar-refractivity contribution is 6.08. The molecule has 0 bridgehead atoms. The van der Waals surface area contributed by atoms with E-state index in [-0.39, 0.29) is 16.8 Å². The second-order valence-electron chi connectivity index (χ2n) is 4.09. The number of benzene rings is 1. The van der Waals surface area contributed by atoms with Gasteiger partial charge in [-0.3, -0.25) is 4.79 Å². The van der Waals surface area contributed by atoms with Crippen LogP contribution in [0.4, 0.5) is 18.9 Å². The first-order valence-corrected chi connectivity index (χ1v) is 5.52. The van der Waals surface area contributed by atoms with Crippen LogP contribution in [0.15, 0.2) is 35.4 Å². The van der Waals surface area contributed by atoms with E-state index in [1.165, 1.54) is 19.9 Å². The van der Waals surface area contributed by atoms with Crippen molar-refractivity contribution in [1.82, 2.24) is 0 Å². The van der Waals surface area contributed by atoms with E-state index in [0.717, 1.165) is 18.2 Å². The maximum absolute atomic E-state index is 12.5. The van der Waals surface area contributed by atoms with E-state index >= 15 is 0 Å². The van der Waals surface area contributed by atoms with Gasteiger partial charge in [-0.1, -0.05) is 6.07 Å². The molecule has 0 aliphatic carbocycles. The molecule has 0 radical (unpaired) electrons. The van der Waals surface area contributed by atoms with Crippen molar-refractivity contribution in [1.29, 1.82) is 0 Å². The minimum atomic E-state index is -4.51. The minimum absolute atomic E-state index is 0.0534. The van der Waals surface area contributed by atoms with Crippen molar-refractivity contribution >= 4 is 17.6 Å². The number of aliphatic carboxylic acids is 1. The number of carbonyl (C=O) groups excluding carboxylic acids is 1. The topological polar surface area (TPSA) is 66.4 Å². The molecule has 1 amide bonds. The summed E-state index contributed by atoms with van der Waals surface area (Å²) in [7, 11) is 0. The molecule has 1 aromatic rings. The second kappa shape index (κ2) is 5.77. The Bertz CT molecular complexity index is 576. The van der Waals surface area contributed by atoms with Gasteiger partial charge in [-0.05, 0) is 32.0 Å². The van der Waals surface area contributed by atoms with E-state index < -0.39 is 23.6 Å². The molecule has 1 rings (SSSR count). The van der Waals surface area contributed by atoms with Crippen molar-refractivity contribution in [3.05, 3.63) is 41.0 Å². The summed E-state index contributed by atoms with van der Waals surface area (Å²) in [6, 6.07) is 4.10. The summed E-state index contributed by atoms with van der Waals surface area (Å²) in [5, 5.41) is 11.0. The van der Waals surface area contributed by atoms with Crippen LogP contribution in [-0.2, 0) is 15.8 Å². The molecule has 0 fully saturated rings. The van der Waals surface area contributed by atoms with Gasteiger partial charge in [0.1, 0.15) is 0 Å². The first-order valence-electron chi connectivity index (χ1n) is 5.52. The van der Waals surface area contributed by atoms with E-state index in [1.807, 2.05) is 0 Å². The monoisotopic (exact) mass is 287 g/mol. The van der Waals surface area contributed by atoms with Crippen molar-refractivity contribution in [2.75, 3.05) is 5.32 Å². The van der Waals surface area contributed by atoms with Crippen molar-refractivity contribution in [2.45, 2.75) is 20.0 Å². The number of carboxylic acids is 1. The summed E-state index contributed by atoms with van der Waals surface area (Å²) in [4.78, 5) is 22.4. The number of rotatable bonds is 3. The minimum Gasteiger partial charge on any atom is -0.478 e. The zero-order valence-electron chi connectivity index (χ0n) is 10.7. The number of hydrogen-bond acceptors (Lipinski definition) is 2. The lowest BCUT2D eigenvalue weighted by atomic mass is 10.1. The molecule has 4 nitrogen and oxygen atoms in total. The van der Waals surface area contributed by atoms with E-state index in [2.05, 4.69) is 5.32 Å². The number of amides is 1. The van der Waals surface area contributed by atoms with Crippen molar-refractivity contribution in [3.63, 3.8) is 0 Å². The van der Waals surface area contributed by atoms with Crippen LogP contribution in [0.3, 0.4) is 0 Å². The van der Waals surface area contributed by atoms with Crippen LogP contribution in [0.25, 0.3) is 0 Å². The Hall–Kier alpha value is -2.31. The number of alkyl halides is 3. The number of carboxylic acid groups (broad SMARTS) is 1. The van der Waals surface area contributed by atoms with Gasteiger partial charge in [-0.2, -0.15) is 13.2 Å². The number of anilines is 1. The third kappa shape index (κ3) is 3.84. The predicted molar refractivity (Wildman–Crippen MR) is 66.1 cm³/mol. The fourth-order valence-corrected chi connectivity index (χ4v) is 1.33. The predicted octanol–water partition coefficient (Wildman–Crippen LogP) is 3.06. The molecule has 0 spiro atoms. The average Bonchev–Trinajstić information content (AvgIpc) is 2.36. The molecule has 0 unspecified atom stereocenters. The molecule has 0 heterocycles. The number of nitrogens with one attached hydrogen (secondary N) is 1. The Kier molecular flexibility index (Phi) is 4.54. The first-order chi connectivity index (χ1) is 9.12. The summed E-state index contributed by atoms with van der Waals surface area (Å²) in [6.45, 7) is 2.52. The van der Waals surface area contributed by atoms with Crippen LogP contribution in [-0.4, -0.2) is 17.0 Å². The van der Waals surface area contributed by atoms with Gasteiger partial charge in [0.15, 0.2) is 0 Å². The average molecular weight is 287 g/mol. The lowest BCUT2D eigenvalue weighted by Gasteiger charge is -2.10. The second-order valence-corrected chi connectivity index (χ2v) is 4.09. The molecule has 0 atom stereocenters. The molecule has 7 heteroatoms. The summed E-state index contributed by atoms with van der Waals surface area (Å²) in [6.07, 6.45) is -4.51. The largest absolute Gasteiger partial charge is 0.478 e.